The molecule has 4 aliphatic rings. The van der Waals surface area contributed by atoms with E-state index in [4.69, 9.17) is 4.74 Å². The summed E-state index contributed by atoms with van der Waals surface area (Å²) in [4.78, 5) is 39.2. The van der Waals surface area contributed by atoms with Crippen molar-refractivity contribution in [3.05, 3.63) is 70.8 Å². The number of hydrogen-bond donors (Lipinski definition) is 0. The summed E-state index contributed by atoms with van der Waals surface area (Å²) in [5.74, 6) is -3.03. The SMILES string of the molecule is CC(=O)OC12c3ccccc3C(c3ccccc31)[C@H]1C(=O)N(N=C(C)C)C(=O)[C@@H]12. The molecular formula is C23H20N2O4. The van der Waals surface area contributed by atoms with Crippen LogP contribution >= 0.6 is 0 Å². The van der Waals surface area contributed by atoms with Crippen molar-refractivity contribution >= 4 is 23.5 Å². The molecule has 146 valence electrons. The summed E-state index contributed by atoms with van der Waals surface area (Å²) in [7, 11) is 0. The first-order valence-corrected chi connectivity index (χ1v) is 9.66. The number of rotatable bonds is 2. The van der Waals surface area contributed by atoms with Gasteiger partial charge in [-0.2, -0.15) is 10.1 Å². The largest absolute Gasteiger partial charge is 0.448 e. The summed E-state index contributed by atoms with van der Waals surface area (Å²) in [5, 5.41) is 5.19. The molecular weight excluding hydrogens is 368 g/mol. The second-order valence-corrected chi connectivity index (χ2v) is 8.02. The van der Waals surface area contributed by atoms with Gasteiger partial charge < -0.3 is 4.74 Å². The highest BCUT2D eigenvalue weighted by Gasteiger charge is 2.70. The van der Waals surface area contributed by atoms with Crippen molar-refractivity contribution in [3.63, 3.8) is 0 Å². The molecule has 2 aromatic carbocycles. The lowest BCUT2D eigenvalue weighted by Gasteiger charge is -2.52. The van der Waals surface area contributed by atoms with Crippen molar-refractivity contribution < 1.29 is 19.1 Å². The summed E-state index contributed by atoms with van der Waals surface area (Å²) >= 11 is 0. The first-order valence-electron chi connectivity index (χ1n) is 9.66. The zero-order valence-corrected chi connectivity index (χ0v) is 16.4. The van der Waals surface area contributed by atoms with E-state index in [9.17, 15) is 14.4 Å². The van der Waals surface area contributed by atoms with E-state index in [2.05, 4.69) is 5.10 Å². The Balaban J connectivity index is 1.87. The Morgan fingerprint density at radius 1 is 0.931 bits per heavy atom. The number of carbonyl (C=O) groups excluding carboxylic acids is 3. The van der Waals surface area contributed by atoms with Crippen molar-refractivity contribution in [3.8, 4) is 0 Å². The molecule has 2 bridgehead atoms. The minimum absolute atomic E-state index is 0.279. The van der Waals surface area contributed by atoms with E-state index in [1.54, 1.807) is 13.8 Å². The van der Waals surface area contributed by atoms with Gasteiger partial charge in [-0.1, -0.05) is 48.5 Å². The molecule has 1 heterocycles. The van der Waals surface area contributed by atoms with E-state index in [0.29, 0.717) is 5.71 Å². The second-order valence-electron chi connectivity index (χ2n) is 8.02. The van der Waals surface area contributed by atoms with Crippen LogP contribution in [0.25, 0.3) is 0 Å². The van der Waals surface area contributed by atoms with Gasteiger partial charge in [0.15, 0.2) is 5.60 Å². The maximum Gasteiger partial charge on any atom is 0.303 e. The standard InChI is InChI=1S/C23H20N2O4/c1-12(2)24-25-21(27)19-18-14-8-4-6-10-16(14)23(29-13(3)26,20(19)22(25)28)17-11-7-5-9-15(17)18/h4-11,18-20H,1-3H3/t18?,19-,20-,23?/m1/s1. The van der Waals surface area contributed by atoms with Crippen LogP contribution in [-0.2, 0) is 24.7 Å². The molecule has 6 nitrogen and oxygen atoms in total. The molecule has 0 aromatic heterocycles. The van der Waals surface area contributed by atoms with E-state index in [1.165, 1.54) is 6.92 Å². The van der Waals surface area contributed by atoms with Crippen LogP contribution in [-0.4, -0.2) is 28.5 Å². The van der Waals surface area contributed by atoms with Gasteiger partial charge >= 0.3 is 5.97 Å². The minimum atomic E-state index is -1.34. The summed E-state index contributed by atoms with van der Waals surface area (Å²) in [6, 6.07) is 15.3. The first-order chi connectivity index (χ1) is 13.9. The third kappa shape index (κ3) is 2.11. The van der Waals surface area contributed by atoms with Crippen molar-refractivity contribution in [2.24, 2.45) is 16.9 Å². The smallest absolute Gasteiger partial charge is 0.303 e. The summed E-state index contributed by atoms with van der Waals surface area (Å²) in [6.45, 7) is 4.81. The Kier molecular flexibility index (Phi) is 3.60. The normalized spacial score (nSPS) is 28.5. The topological polar surface area (TPSA) is 76.0 Å². The maximum atomic E-state index is 13.5. The van der Waals surface area contributed by atoms with E-state index >= 15 is 0 Å². The average molecular weight is 388 g/mol. The third-order valence-corrected chi connectivity index (χ3v) is 6.12. The van der Waals surface area contributed by atoms with Crippen molar-refractivity contribution in [2.75, 3.05) is 0 Å². The Bertz CT molecular complexity index is 1070. The molecule has 1 saturated heterocycles. The predicted octanol–water partition coefficient (Wildman–Crippen LogP) is 2.95. The minimum Gasteiger partial charge on any atom is -0.448 e. The van der Waals surface area contributed by atoms with Gasteiger partial charge in [0.2, 0.25) is 0 Å². The molecule has 0 radical (unpaired) electrons. The molecule has 29 heavy (non-hydrogen) atoms. The molecule has 1 fully saturated rings. The highest BCUT2D eigenvalue weighted by atomic mass is 16.6. The number of nitrogens with zero attached hydrogens (tertiary/aromatic N) is 2. The van der Waals surface area contributed by atoms with Crippen LogP contribution in [0.5, 0.6) is 0 Å². The van der Waals surface area contributed by atoms with Crippen LogP contribution < -0.4 is 0 Å². The second kappa shape index (κ2) is 5.86. The lowest BCUT2D eigenvalue weighted by molar-refractivity contribution is -0.167. The number of esters is 1. The number of amides is 2. The zero-order valence-electron chi connectivity index (χ0n) is 16.4. The van der Waals surface area contributed by atoms with Crippen LogP contribution in [0.4, 0.5) is 0 Å². The molecule has 0 saturated carbocycles. The molecule has 0 N–H and O–H groups in total. The number of hydrazone groups is 1. The average Bonchev–Trinajstić information content (AvgIpc) is 2.94. The van der Waals surface area contributed by atoms with Gasteiger partial charge in [0, 0.05) is 29.7 Å². The van der Waals surface area contributed by atoms with Crippen LogP contribution in [0.1, 0.15) is 48.9 Å². The van der Waals surface area contributed by atoms with Gasteiger partial charge in [0.05, 0.1) is 5.92 Å². The lowest BCUT2D eigenvalue weighted by Crippen LogP contribution is -2.55. The molecule has 0 spiro atoms. The fourth-order valence-electron chi connectivity index (χ4n) is 5.39. The fourth-order valence-corrected chi connectivity index (χ4v) is 5.39. The Hall–Kier alpha value is -3.28. The van der Waals surface area contributed by atoms with Crippen molar-refractivity contribution in [1.29, 1.82) is 0 Å². The van der Waals surface area contributed by atoms with Gasteiger partial charge in [0.1, 0.15) is 5.92 Å². The quantitative estimate of drug-likeness (QED) is 0.450. The Morgan fingerprint density at radius 2 is 1.48 bits per heavy atom. The third-order valence-electron chi connectivity index (χ3n) is 6.12. The monoisotopic (exact) mass is 388 g/mol. The summed E-state index contributed by atoms with van der Waals surface area (Å²) in [5.41, 5.74) is 2.68. The molecule has 6 rings (SSSR count). The molecule has 6 heteroatoms. The number of imide groups is 1. The highest BCUT2D eigenvalue weighted by molar-refractivity contribution is 6.08. The summed E-state index contributed by atoms with van der Waals surface area (Å²) < 4.78 is 6.02. The van der Waals surface area contributed by atoms with Gasteiger partial charge in [0.25, 0.3) is 11.8 Å². The zero-order chi connectivity index (χ0) is 20.5. The lowest BCUT2D eigenvalue weighted by atomic mass is 9.52. The maximum absolute atomic E-state index is 13.5. The highest BCUT2D eigenvalue weighted by Crippen LogP contribution is 2.64. The van der Waals surface area contributed by atoms with Crippen LogP contribution in [0.15, 0.2) is 53.6 Å². The number of carbonyl (C=O) groups is 3. The van der Waals surface area contributed by atoms with E-state index in [-0.39, 0.29) is 11.8 Å². The summed E-state index contributed by atoms with van der Waals surface area (Å²) in [6.07, 6.45) is 0. The van der Waals surface area contributed by atoms with E-state index in [0.717, 1.165) is 27.3 Å². The fraction of sp³-hybridized carbons (Fsp3) is 0.304. The van der Waals surface area contributed by atoms with Crippen LogP contribution in [0.2, 0.25) is 0 Å². The van der Waals surface area contributed by atoms with E-state index in [1.807, 2.05) is 48.5 Å². The van der Waals surface area contributed by atoms with Gasteiger partial charge in [-0.15, -0.1) is 0 Å². The van der Waals surface area contributed by atoms with Crippen molar-refractivity contribution in [1.82, 2.24) is 5.01 Å². The predicted molar refractivity (Wildman–Crippen MR) is 105 cm³/mol. The molecule has 2 atom stereocenters. The first kappa shape index (κ1) is 17.8. The van der Waals surface area contributed by atoms with Gasteiger partial charge in [-0.05, 0) is 25.0 Å². The van der Waals surface area contributed by atoms with Gasteiger partial charge in [-0.25, -0.2) is 0 Å². The molecule has 3 aliphatic carbocycles. The molecule has 2 aromatic rings. The number of hydrogen-bond acceptors (Lipinski definition) is 5. The van der Waals surface area contributed by atoms with Crippen molar-refractivity contribution in [2.45, 2.75) is 32.3 Å². The Labute approximate surface area is 168 Å². The number of ether oxygens (including phenoxy) is 1. The number of benzene rings is 2. The van der Waals surface area contributed by atoms with Crippen LogP contribution in [0, 0.1) is 11.8 Å². The molecule has 2 amide bonds. The van der Waals surface area contributed by atoms with E-state index < -0.39 is 29.3 Å². The Morgan fingerprint density at radius 3 is 2.00 bits per heavy atom. The van der Waals surface area contributed by atoms with Crippen LogP contribution in [0.3, 0.4) is 0 Å². The molecule has 0 unspecified atom stereocenters. The van der Waals surface area contributed by atoms with Gasteiger partial charge in [-0.3, -0.25) is 14.4 Å². The molecule has 1 aliphatic heterocycles.